The zero-order valence-electron chi connectivity index (χ0n) is 46.6. The monoisotopic (exact) mass is 768 g/mol. The number of methoxy groups -OCH3 is 1. The van der Waals surface area contributed by atoms with Crippen LogP contribution >= 0.6 is 11.8 Å². The van der Waals surface area contributed by atoms with E-state index in [2.05, 4.69) is 0 Å². The van der Waals surface area contributed by atoms with Crippen LogP contribution in [0.1, 0.15) is 61.0 Å². The molecule has 1 aromatic heterocycles. The molecule has 0 N–H and O–H groups in total. The zero-order valence-corrected chi connectivity index (χ0v) is 28.4. The lowest BCUT2D eigenvalue weighted by atomic mass is 10.00. The number of benzene rings is 4. The number of likely N-dealkylation sites (tertiary alicyclic amines) is 1. The van der Waals surface area contributed by atoms with E-state index in [0.717, 1.165) is 68.6 Å². The first-order valence-corrected chi connectivity index (χ1v) is 16.4. The van der Waals surface area contributed by atoms with Crippen molar-refractivity contribution in [3.8, 4) is 11.1 Å². The number of carbonyl (C=O) groups excluding carboxylic acids is 1. The number of carbonyl (C=O) groups is 1. The van der Waals surface area contributed by atoms with Gasteiger partial charge in [0.05, 0.1) is 35.0 Å². The number of fused-ring (bicyclic) bond motifs is 1. The van der Waals surface area contributed by atoms with E-state index in [-0.39, 0.29) is 27.5 Å². The van der Waals surface area contributed by atoms with Gasteiger partial charge in [0.1, 0.15) is 6.50 Å². The van der Waals surface area contributed by atoms with Crippen molar-refractivity contribution in [1.82, 2.24) is 14.4 Å². The van der Waals surface area contributed by atoms with Crippen LogP contribution in [-0.4, -0.2) is 59.5 Å². The number of rotatable bonds is 12. The van der Waals surface area contributed by atoms with Crippen LogP contribution in [0, 0.1) is 18.6 Å². The second-order valence-corrected chi connectivity index (χ2v) is 12.0. The van der Waals surface area contributed by atoms with Crippen molar-refractivity contribution in [1.29, 1.82) is 0 Å². The number of aromatic nitrogens is 1. The SMILES string of the molecule is [2H]c1c(C)c([2H])c2c(c1[2H])c(=O)c([2H])c(SCc1cccc(F)c1F)n2C([2H])([2H])C(=O)N(C([2H])([2H])c1ccc(-c2ccc(C(F)(F)F)cc2)cc1)C1([2H])C([2H])([2H])C([2H])([2H])N(C([2H])([2H])COC)C([2H])([2H])C1([2H])[2H]. The number of alkyl halides is 3. The van der Waals surface area contributed by atoms with E-state index in [1.807, 2.05) is 0 Å². The molecule has 1 amide bonds. The Bertz CT molecular complexity index is 3010. The average Bonchev–Trinajstić information content (AvgIpc) is 3.27. The Morgan fingerprint density at radius 1 is 1.04 bits per heavy atom. The van der Waals surface area contributed by atoms with E-state index in [1.165, 1.54) is 0 Å². The summed E-state index contributed by atoms with van der Waals surface area (Å²) in [5, 5.41) is -2.15. The van der Waals surface area contributed by atoms with Gasteiger partial charge in [0.15, 0.2) is 17.1 Å². The molecule has 0 aliphatic carbocycles. The van der Waals surface area contributed by atoms with Gasteiger partial charge in [-0.1, -0.05) is 54.6 Å². The highest BCUT2D eigenvalue weighted by atomic mass is 32.2. The van der Waals surface area contributed by atoms with Gasteiger partial charge in [0, 0.05) is 75.6 Å². The van der Waals surface area contributed by atoms with Gasteiger partial charge in [-0.15, -0.1) is 11.8 Å². The van der Waals surface area contributed by atoms with E-state index in [4.69, 9.17) is 18.4 Å². The van der Waals surface area contributed by atoms with Crippen molar-refractivity contribution < 1.29 is 57.5 Å². The highest BCUT2D eigenvalue weighted by Crippen LogP contribution is 2.32. The normalized spacial score (nSPS) is 24.6. The van der Waals surface area contributed by atoms with Crippen LogP contribution < -0.4 is 5.43 Å². The Balaban J connectivity index is 1.73. The standard InChI is InChI=1S/C41H40F5N3O3S/c1-27-6-15-34-36(22-27)49(39(23-37(34)50)53-26-31-4-3-5-35(42)40(31)43)25-38(51)48(33-16-18-47(19-17-33)20-21-52-2)24-28-7-9-29(10-8-28)30-11-13-32(14-12-30)41(44,45)46/h3-15,22-23,33H,16-21,24-26H2,1-2H3/i6D,15D,16D2,17D2,18D2,19D2,20D2,22D,23D,24D2,25D2,33D. The lowest BCUT2D eigenvalue weighted by Crippen LogP contribution is -2.48. The summed E-state index contributed by atoms with van der Waals surface area (Å²) >= 11 is 0.141. The van der Waals surface area contributed by atoms with E-state index >= 15 is 9.18 Å². The summed E-state index contributed by atoms with van der Waals surface area (Å²) < 4.78 is 248. The molecule has 1 saturated heterocycles. The third-order valence-electron chi connectivity index (χ3n) is 7.43. The quantitative estimate of drug-likeness (QED) is 0.0940. The molecule has 0 spiro atoms. The maximum Gasteiger partial charge on any atom is 0.416 e. The molecule has 12 heteroatoms. The van der Waals surface area contributed by atoms with Gasteiger partial charge >= 0.3 is 6.18 Å². The second kappa shape index (κ2) is 16.7. The highest BCUT2D eigenvalue weighted by molar-refractivity contribution is 7.98. The molecule has 1 fully saturated rings. The summed E-state index contributed by atoms with van der Waals surface area (Å²) in [4.78, 5) is 28.3. The smallest absolute Gasteiger partial charge is 0.383 e. The Morgan fingerprint density at radius 3 is 2.38 bits per heavy atom. The summed E-state index contributed by atoms with van der Waals surface area (Å²) in [5.74, 6) is -6.32. The molecule has 2 heterocycles. The number of piperidine rings is 1. The van der Waals surface area contributed by atoms with E-state index in [9.17, 15) is 34.7 Å². The lowest BCUT2D eigenvalue weighted by Gasteiger charge is -2.39. The number of thioether (sulfide) groups is 1. The molecule has 278 valence electrons. The number of hydrogen-bond donors (Lipinski definition) is 0. The van der Waals surface area contributed by atoms with Gasteiger partial charge in [0.25, 0.3) is 0 Å². The fraction of sp³-hybridized carbons (Fsp3) is 0.317. The van der Waals surface area contributed by atoms with Gasteiger partial charge in [-0.3, -0.25) is 9.59 Å². The van der Waals surface area contributed by atoms with Crippen molar-refractivity contribution in [2.45, 2.75) is 55.6 Å². The van der Waals surface area contributed by atoms with Crippen molar-refractivity contribution in [3.05, 3.63) is 135 Å². The Hall–Kier alpha value is -4.52. The topological polar surface area (TPSA) is 54.8 Å². The minimum Gasteiger partial charge on any atom is -0.383 e. The van der Waals surface area contributed by atoms with Crippen LogP contribution in [0.5, 0.6) is 0 Å². The van der Waals surface area contributed by atoms with E-state index in [0.29, 0.717) is 12.1 Å². The molecule has 0 saturated carbocycles. The average molecular weight is 769 g/mol. The molecule has 53 heavy (non-hydrogen) atoms. The highest BCUT2D eigenvalue weighted by Gasteiger charge is 2.31. The first kappa shape index (κ1) is 20.8. The minimum absolute atomic E-state index is 0.0179. The molecular weight excluding hydrogens is 710 g/mol. The van der Waals surface area contributed by atoms with Crippen molar-refractivity contribution in [3.63, 3.8) is 0 Å². The maximum atomic E-state index is 15.8. The number of nitrogens with zero attached hydrogens (tertiary/aromatic N) is 3. The summed E-state index contributed by atoms with van der Waals surface area (Å²) in [7, 11) is 0.868. The fourth-order valence-electron chi connectivity index (χ4n) is 4.82. The molecule has 4 aromatic carbocycles. The summed E-state index contributed by atoms with van der Waals surface area (Å²) in [6.45, 7) is -21.0. The first-order valence-electron chi connectivity index (χ1n) is 24.9. The third-order valence-corrected chi connectivity index (χ3v) is 8.45. The molecule has 1 aliphatic rings. The van der Waals surface area contributed by atoms with Gasteiger partial charge < -0.3 is 19.1 Å². The maximum absolute atomic E-state index is 15.8. The Morgan fingerprint density at radius 2 is 1.72 bits per heavy atom. The van der Waals surface area contributed by atoms with Gasteiger partial charge in [0.2, 0.25) is 5.91 Å². The van der Waals surface area contributed by atoms with E-state index < -0.39 is 165 Å². The predicted molar refractivity (Wildman–Crippen MR) is 198 cm³/mol. The van der Waals surface area contributed by atoms with Crippen LogP contribution in [0.3, 0.4) is 0 Å². The van der Waals surface area contributed by atoms with Gasteiger partial charge in [-0.05, 0) is 72.2 Å². The molecular formula is C41H40F5N3O3S. The minimum atomic E-state index is -4.81. The van der Waals surface area contributed by atoms with Crippen molar-refractivity contribution in [2.75, 3.05) is 33.2 Å². The lowest BCUT2D eigenvalue weighted by molar-refractivity contribution is -0.137. The molecule has 1 aliphatic heterocycles. The van der Waals surface area contributed by atoms with Crippen LogP contribution in [0.4, 0.5) is 22.0 Å². The number of ether oxygens (including phenoxy) is 1. The summed E-state index contributed by atoms with van der Waals surface area (Å²) in [5.41, 5.74) is -5.42. The number of hydrogen-bond acceptors (Lipinski definition) is 5. The van der Waals surface area contributed by atoms with Crippen LogP contribution in [0.25, 0.3) is 22.0 Å². The van der Waals surface area contributed by atoms with E-state index in [1.54, 1.807) is 0 Å². The van der Waals surface area contributed by atoms with Crippen LogP contribution in [0.2, 0.25) is 0 Å². The Labute approximate surface area is 335 Å². The molecule has 0 bridgehead atoms. The number of halogens is 5. The number of pyridine rings is 1. The fourth-order valence-corrected chi connectivity index (χ4v) is 5.76. The van der Waals surface area contributed by atoms with Crippen LogP contribution in [0.15, 0.2) is 101 Å². The predicted octanol–water partition coefficient (Wildman–Crippen LogP) is 8.71. The van der Waals surface area contributed by atoms with Gasteiger partial charge in [-0.2, -0.15) is 13.2 Å². The molecule has 0 unspecified atom stereocenters. The molecule has 6 nitrogen and oxygen atoms in total. The molecule has 0 radical (unpaired) electrons. The number of amides is 1. The van der Waals surface area contributed by atoms with Crippen LogP contribution in [-0.2, 0) is 34.5 Å². The molecule has 6 rings (SSSR count). The second-order valence-electron chi connectivity index (χ2n) is 11.1. The van der Waals surface area contributed by atoms with Gasteiger partial charge in [-0.25, -0.2) is 8.78 Å². The molecule has 0 atom stereocenters. The first-order chi connectivity index (χ1) is 32.8. The Kier molecular flexibility index (Phi) is 6.54. The third kappa shape index (κ3) is 9.17. The van der Waals surface area contributed by atoms with Crippen molar-refractivity contribution >= 4 is 28.6 Å². The summed E-state index contributed by atoms with van der Waals surface area (Å²) in [6, 6.07) is 0.912. The molecule has 5 aromatic rings. The zero-order chi connectivity index (χ0) is 54.7. The van der Waals surface area contributed by atoms with Crippen molar-refractivity contribution in [2.24, 2.45) is 0 Å². The largest absolute Gasteiger partial charge is 0.416 e. The summed E-state index contributed by atoms with van der Waals surface area (Å²) in [6.07, 6.45) is -14.0.